The molecule has 0 atom stereocenters. The average Bonchev–Trinajstić information content (AvgIpc) is 2.03. The maximum Gasteiger partial charge on any atom is 0.328 e. The summed E-state index contributed by atoms with van der Waals surface area (Å²) in [5.74, 6) is -0.922. The van der Waals surface area contributed by atoms with Crippen LogP contribution in [0.15, 0.2) is 36.4 Å². The van der Waals surface area contributed by atoms with Crippen molar-refractivity contribution in [3.63, 3.8) is 0 Å². The van der Waals surface area contributed by atoms with E-state index in [-0.39, 0.29) is 19.5 Å². The summed E-state index contributed by atoms with van der Waals surface area (Å²) in [5, 5.41) is 8.29. The van der Waals surface area contributed by atoms with Crippen molar-refractivity contribution in [1.82, 2.24) is 0 Å². The van der Waals surface area contributed by atoms with Gasteiger partial charge in [-0.1, -0.05) is 30.3 Å². The summed E-state index contributed by atoms with van der Waals surface area (Å²) >= 11 is 0. The number of benzene rings is 1. The molecule has 0 amide bonds. The van der Waals surface area contributed by atoms with Crippen LogP contribution in [0.25, 0.3) is 6.08 Å². The molecule has 58 valence electrons. The molecular formula is C9H8O2Zn. The van der Waals surface area contributed by atoms with Crippen LogP contribution in [0.2, 0.25) is 0 Å². The third kappa shape index (κ3) is 4.04. The minimum atomic E-state index is -0.922. The summed E-state index contributed by atoms with van der Waals surface area (Å²) in [6.07, 6.45) is 2.68. The van der Waals surface area contributed by atoms with E-state index in [1.807, 2.05) is 30.3 Å². The Morgan fingerprint density at radius 2 is 1.83 bits per heavy atom. The van der Waals surface area contributed by atoms with E-state index in [4.69, 9.17) is 5.11 Å². The Kier molecular flexibility index (Phi) is 5.22. The smallest absolute Gasteiger partial charge is 0.328 e. The van der Waals surface area contributed by atoms with Gasteiger partial charge < -0.3 is 5.11 Å². The SMILES string of the molecule is O=C(O)/C=C/c1ccccc1.[Zn]. The monoisotopic (exact) mass is 212 g/mol. The van der Waals surface area contributed by atoms with Gasteiger partial charge in [-0.25, -0.2) is 4.79 Å². The van der Waals surface area contributed by atoms with Gasteiger partial charge in [-0.05, 0) is 11.6 Å². The number of rotatable bonds is 2. The van der Waals surface area contributed by atoms with Crippen molar-refractivity contribution in [2.45, 2.75) is 0 Å². The second-order valence-electron chi connectivity index (χ2n) is 2.08. The fraction of sp³-hybridized carbons (Fsp3) is 0. The molecule has 0 saturated heterocycles. The minimum Gasteiger partial charge on any atom is -0.478 e. The quantitative estimate of drug-likeness (QED) is 0.601. The minimum absolute atomic E-state index is 0. The predicted octanol–water partition coefficient (Wildman–Crippen LogP) is 1.78. The first kappa shape index (κ1) is 11.1. The Morgan fingerprint density at radius 1 is 1.25 bits per heavy atom. The molecule has 0 bridgehead atoms. The van der Waals surface area contributed by atoms with Crippen LogP contribution in [-0.2, 0) is 24.3 Å². The molecular weight excluding hydrogens is 205 g/mol. The Morgan fingerprint density at radius 3 is 2.33 bits per heavy atom. The van der Waals surface area contributed by atoms with Gasteiger partial charge in [0.2, 0.25) is 0 Å². The van der Waals surface area contributed by atoms with Crippen molar-refractivity contribution in [3.8, 4) is 0 Å². The van der Waals surface area contributed by atoms with E-state index in [9.17, 15) is 4.79 Å². The number of hydrogen-bond acceptors (Lipinski definition) is 1. The van der Waals surface area contributed by atoms with Gasteiger partial charge in [-0.3, -0.25) is 0 Å². The summed E-state index contributed by atoms with van der Waals surface area (Å²) in [6, 6.07) is 9.31. The van der Waals surface area contributed by atoms with Crippen LogP contribution >= 0.6 is 0 Å². The Balaban J connectivity index is 0.00000121. The molecule has 1 aromatic rings. The van der Waals surface area contributed by atoms with Crippen LogP contribution in [0, 0.1) is 0 Å². The van der Waals surface area contributed by atoms with E-state index in [1.54, 1.807) is 6.08 Å². The second kappa shape index (κ2) is 5.67. The van der Waals surface area contributed by atoms with Gasteiger partial charge in [0.15, 0.2) is 0 Å². The second-order valence-corrected chi connectivity index (χ2v) is 2.08. The van der Waals surface area contributed by atoms with E-state index in [0.717, 1.165) is 11.6 Å². The van der Waals surface area contributed by atoms with Gasteiger partial charge in [-0.15, -0.1) is 0 Å². The van der Waals surface area contributed by atoms with Crippen LogP contribution in [0.1, 0.15) is 5.56 Å². The maximum absolute atomic E-state index is 10.1. The zero-order chi connectivity index (χ0) is 8.10. The molecule has 3 heteroatoms. The fourth-order valence-corrected chi connectivity index (χ4v) is 0.732. The summed E-state index contributed by atoms with van der Waals surface area (Å²) < 4.78 is 0. The molecule has 2 nitrogen and oxygen atoms in total. The first-order valence-corrected chi connectivity index (χ1v) is 3.25. The molecule has 0 fully saturated rings. The Labute approximate surface area is 83.7 Å². The standard InChI is InChI=1S/C9H8O2.Zn/c10-9(11)7-6-8-4-2-1-3-5-8;/h1-7H,(H,10,11);/b7-6+;. The Hall–Kier alpha value is -0.947. The summed E-state index contributed by atoms with van der Waals surface area (Å²) in [5.41, 5.74) is 0.898. The maximum atomic E-state index is 10.1. The van der Waals surface area contributed by atoms with Crippen LogP contribution in [0.3, 0.4) is 0 Å². The molecule has 1 rings (SSSR count). The largest absolute Gasteiger partial charge is 0.478 e. The van der Waals surface area contributed by atoms with E-state index >= 15 is 0 Å². The number of aliphatic carboxylic acids is 1. The first-order chi connectivity index (χ1) is 5.29. The number of carboxylic acids is 1. The van der Waals surface area contributed by atoms with Gasteiger partial charge >= 0.3 is 5.97 Å². The van der Waals surface area contributed by atoms with E-state index in [1.165, 1.54) is 0 Å². The third-order valence-electron chi connectivity index (χ3n) is 1.22. The van der Waals surface area contributed by atoms with E-state index in [0.29, 0.717) is 0 Å². The summed E-state index contributed by atoms with van der Waals surface area (Å²) in [6.45, 7) is 0. The van der Waals surface area contributed by atoms with E-state index in [2.05, 4.69) is 0 Å². The number of carbonyl (C=O) groups is 1. The van der Waals surface area contributed by atoms with Crippen LogP contribution < -0.4 is 0 Å². The molecule has 1 aromatic carbocycles. The molecule has 0 radical (unpaired) electrons. The average molecular weight is 214 g/mol. The molecule has 0 unspecified atom stereocenters. The van der Waals surface area contributed by atoms with Gasteiger partial charge in [-0.2, -0.15) is 0 Å². The van der Waals surface area contributed by atoms with Gasteiger partial charge in [0.1, 0.15) is 0 Å². The van der Waals surface area contributed by atoms with Crippen molar-refractivity contribution >= 4 is 12.0 Å². The van der Waals surface area contributed by atoms with Crippen molar-refractivity contribution in [3.05, 3.63) is 42.0 Å². The molecule has 0 heterocycles. The van der Waals surface area contributed by atoms with Gasteiger partial charge in [0.25, 0.3) is 0 Å². The third-order valence-corrected chi connectivity index (χ3v) is 1.22. The number of hydrogen-bond donors (Lipinski definition) is 1. The fourth-order valence-electron chi connectivity index (χ4n) is 0.732. The topological polar surface area (TPSA) is 37.3 Å². The van der Waals surface area contributed by atoms with Crippen LogP contribution in [0.4, 0.5) is 0 Å². The number of carboxylic acid groups (broad SMARTS) is 1. The molecule has 1 N–H and O–H groups in total. The van der Waals surface area contributed by atoms with Crippen molar-refractivity contribution in [2.24, 2.45) is 0 Å². The summed E-state index contributed by atoms with van der Waals surface area (Å²) in [4.78, 5) is 10.1. The molecule has 0 aliphatic rings. The molecule has 0 aliphatic carbocycles. The van der Waals surface area contributed by atoms with Crippen molar-refractivity contribution in [2.75, 3.05) is 0 Å². The summed E-state index contributed by atoms with van der Waals surface area (Å²) in [7, 11) is 0. The van der Waals surface area contributed by atoms with Crippen molar-refractivity contribution < 1.29 is 29.4 Å². The molecule has 0 saturated carbocycles. The van der Waals surface area contributed by atoms with Crippen LogP contribution in [-0.4, -0.2) is 11.1 Å². The van der Waals surface area contributed by atoms with E-state index < -0.39 is 5.97 Å². The molecule has 0 aromatic heterocycles. The first-order valence-electron chi connectivity index (χ1n) is 3.25. The molecule has 12 heavy (non-hydrogen) atoms. The van der Waals surface area contributed by atoms with Gasteiger partial charge in [0.05, 0.1) is 0 Å². The van der Waals surface area contributed by atoms with Crippen molar-refractivity contribution in [1.29, 1.82) is 0 Å². The molecule has 0 aliphatic heterocycles. The normalized spacial score (nSPS) is 9.33. The Bertz CT molecular complexity index is 267. The van der Waals surface area contributed by atoms with Crippen LogP contribution in [0.5, 0.6) is 0 Å². The zero-order valence-corrected chi connectivity index (χ0v) is 9.57. The predicted molar refractivity (Wildman–Crippen MR) is 43.1 cm³/mol. The van der Waals surface area contributed by atoms with Gasteiger partial charge in [0, 0.05) is 25.6 Å². The zero-order valence-electron chi connectivity index (χ0n) is 6.60. The molecule has 0 spiro atoms.